The van der Waals surface area contributed by atoms with Crippen molar-refractivity contribution in [1.29, 1.82) is 0 Å². The van der Waals surface area contributed by atoms with E-state index < -0.39 is 0 Å². The fraction of sp³-hybridized carbons (Fsp3) is 0.429. The summed E-state index contributed by atoms with van der Waals surface area (Å²) in [6, 6.07) is 6.54. The fourth-order valence-electron chi connectivity index (χ4n) is 2.06. The molecule has 0 aliphatic heterocycles. The summed E-state index contributed by atoms with van der Waals surface area (Å²) in [6.07, 6.45) is 5.52. The Balaban J connectivity index is 2.93. The molecular weight excluding hydrogens is 168 g/mol. The van der Waals surface area contributed by atoms with Crippen LogP contribution in [-0.4, -0.2) is 0 Å². The summed E-state index contributed by atoms with van der Waals surface area (Å²) in [5, 5.41) is 0. The molecule has 0 spiro atoms. The Labute approximate surface area is 87.7 Å². The normalized spacial score (nSPS) is 13.4. The summed E-state index contributed by atoms with van der Waals surface area (Å²) in [5.41, 5.74) is 4.36. The van der Waals surface area contributed by atoms with Gasteiger partial charge in [-0.2, -0.15) is 0 Å². The van der Waals surface area contributed by atoms with Crippen LogP contribution in [0.3, 0.4) is 0 Å². The molecule has 0 fully saturated rings. The molecule has 76 valence electrons. The molecule has 1 unspecified atom stereocenters. The molecule has 0 aliphatic carbocycles. The van der Waals surface area contributed by atoms with E-state index in [0.717, 1.165) is 6.42 Å². The molecule has 0 N–H and O–H groups in total. The van der Waals surface area contributed by atoms with Crippen molar-refractivity contribution < 1.29 is 0 Å². The Morgan fingerprint density at radius 3 is 2.29 bits per heavy atom. The Kier molecular flexibility index (Phi) is 3.94. The molecule has 0 radical (unpaired) electrons. The number of allylic oxidation sites excluding steroid dienone is 2. The third-order valence-electron chi connectivity index (χ3n) is 2.76. The molecule has 1 aromatic rings. The first-order chi connectivity index (χ1) is 6.66. The molecule has 0 aliphatic rings. The van der Waals surface area contributed by atoms with Crippen LogP contribution in [0.15, 0.2) is 30.4 Å². The number of aryl methyl sites for hydroxylation is 2. The summed E-state index contributed by atoms with van der Waals surface area (Å²) in [7, 11) is 0. The Morgan fingerprint density at radius 1 is 1.21 bits per heavy atom. The highest BCUT2D eigenvalue weighted by molar-refractivity contribution is 5.36. The molecule has 1 aromatic carbocycles. The topological polar surface area (TPSA) is 0 Å². The SMILES string of the molecule is CC=CCC(C)c1c(C)cccc1C. The zero-order valence-corrected chi connectivity index (χ0v) is 9.67. The van der Waals surface area contributed by atoms with Crippen LogP contribution in [-0.2, 0) is 0 Å². The maximum absolute atomic E-state index is 2.30. The van der Waals surface area contributed by atoms with E-state index in [1.807, 2.05) is 0 Å². The first kappa shape index (κ1) is 11.0. The molecular formula is C14H20. The predicted octanol–water partition coefficient (Wildman–Crippen LogP) is 4.37. The third kappa shape index (κ3) is 2.47. The van der Waals surface area contributed by atoms with Gasteiger partial charge in [0.15, 0.2) is 0 Å². The van der Waals surface area contributed by atoms with Crippen LogP contribution in [0, 0.1) is 13.8 Å². The molecule has 0 saturated heterocycles. The van der Waals surface area contributed by atoms with E-state index in [1.54, 1.807) is 0 Å². The smallest absolute Gasteiger partial charge is 0.0151 e. The van der Waals surface area contributed by atoms with Crippen molar-refractivity contribution in [2.24, 2.45) is 0 Å². The lowest BCUT2D eigenvalue weighted by atomic mass is 9.90. The van der Waals surface area contributed by atoms with E-state index >= 15 is 0 Å². The molecule has 0 aromatic heterocycles. The van der Waals surface area contributed by atoms with Gasteiger partial charge in [0.1, 0.15) is 0 Å². The van der Waals surface area contributed by atoms with Gasteiger partial charge in [0.25, 0.3) is 0 Å². The largest absolute Gasteiger partial charge is 0.0916 e. The minimum atomic E-state index is 0.632. The quantitative estimate of drug-likeness (QED) is 0.618. The monoisotopic (exact) mass is 188 g/mol. The van der Waals surface area contributed by atoms with E-state index in [9.17, 15) is 0 Å². The van der Waals surface area contributed by atoms with E-state index in [4.69, 9.17) is 0 Å². The molecule has 0 heterocycles. The van der Waals surface area contributed by atoms with Gasteiger partial charge in [-0.25, -0.2) is 0 Å². The second kappa shape index (κ2) is 4.99. The highest BCUT2D eigenvalue weighted by Crippen LogP contribution is 2.26. The maximum atomic E-state index is 2.30. The van der Waals surface area contributed by atoms with Crippen LogP contribution in [0.1, 0.15) is 42.9 Å². The molecule has 0 heteroatoms. The van der Waals surface area contributed by atoms with Crippen molar-refractivity contribution in [3.63, 3.8) is 0 Å². The second-order valence-corrected chi connectivity index (χ2v) is 4.01. The summed E-state index contributed by atoms with van der Waals surface area (Å²) < 4.78 is 0. The van der Waals surface area contributed by atoms with Gasteiger partial charge in [0.2, 0.25) is 0 Å². The average molecular weight is 188 g/mol. The highest BCUT2D eigenvalue weighted by Gasteiger charge is 2.08. The fourth-order valence-corrected chi connectivity index (χ4v) is 2.06. The first-order valence-corrected chi connectivity index (χ1v) is 5.34. The minimum Gasteiger partial charge on any atom is -0.0916 e. The van der Waals surface area contributed by atoms with Crippen LogP contribution in [0.2, 0.25) is 0 Å². The van der Waals surface area contributed by atoms with Crippen molar-refractivity contribution in [3.8, 4) is 0 Å². The molecule has 1 atom stereocenters. The molecule has 0 amide bonds. The predicted molar refractivity (Wildman–Crippen MR) is 63.8 cm³/mol. The van der Waals surface area contributed by atoms with Crippen molar-refractivity contribution in [2.75, 3.05) is 0 Å². The van der Waals surface area contributed by atoms with Gasteiger partial charge in [-0.15, -0.1) is 0 Å². The van der Waals surface area contributed by atoms with Gasteiger partial charge in [-0.05, 0) is 49.8 Å². The minimum absolute atomic E-state index is 0.632. The first-order valence-electron chi connectivity index (χ1n) is 5.34. The van der Waals surface area contributed by atoms with Gasteiger partial charge < -0.3 is 0 Å². The summed E-state index contributed by atoms with van der Waals surface area (Å²) in [4.78, 5) is 0. The van der Waals surface area contributed by atoms with Crippen molar-refractivity contribution >= 4 is 0 Å². The lowest BCUT2D eigenvalue weighted by Crippen LogP contribution is -1.98. The van der Waals surface area contributed by atoms with E-state index in [1.165, 1.54) is 16.7 Å². The lowest BCUT2D eigenvalue weighted by molar-refractivity contribution is 0.766. The van der Waals surface area contributed by atoms with Gasteiger partial charge in [0.05, 0.1) is 0 Å². The number of benzene rings is 1. The van der Waals surface area contributed by atoms with Gasteiger partial charge >= 0.3 is 0 Å². The maximum Gasteiger partial charge on any atom is -0.0151 e. The standard InChI is InChI=1S/C14H20/c1-5-6-8-11(2)14-12(3)9-7-10-13(14)4/h5-7,9-11H,8H2,1-4H3. The number of hydrogen-bond donors (Lipinski definition) is 0. The van der Waals surface area contributed by atoms with Crippen LogP contribution in [0.4, 0.5) is 0 Å². The number of hydrogen-bond acceptors (Lipinski definition) is 0. The molecule has 14 heavy (non-hydrogen) atoms. The van der Waals surface area contributed by atoms with Crippen LogP contribution < -0.4 is 0 Å². The second-order valence-electron chi connectivity index (χ2n) is 4.01. The third-order valence-corrected chi connectivity index (χ3v) is 2.76. The summed E-state index contributed by atoms with van der Waals surface area (Å²) in [6.45, 7) is 8.79. The summed E-state index contributed by atoms with van der Waals surface area (Å²) >= 11 is 0. The van der Waals surface area contributed by atoms with Crippen LogP contribution in [0.25, 0.3) is 0 Å². The molecule has 0 nitrogen and oxygen atoms in total. The van der Waals surface area contributed by atoms with Crippen molar-refractivity contribution in [2.45, 2.75) is 40.0 Å². The zero-order chi connectivity index (χ0) is 10.6. The average Bonchev–Trinajstić information content (AvgIpc) is 2.14. The lowest BCUT2D eigenvalue weighted by Gasteiger charge is -2.15. The zero-order valence-electron chi connectivity index (χ0n) is 9.67. The van der Waals surface area contributed by atoms with E-state index in [0.29, 0.717) is 5.92 Å². The van der Waals surface area contributed by atoms with Gasteiger partial charge in [0, 0.05) is 0 Å². The highest BCUT2D eigenvalue weighted by atomic mass is 14.1. The van der Waals surface area contributed by atoms with Crippen molar-refractivity contribution in [3.05, 3.63) is 47.0 Å². The van der Waals surface area contributed by atoms with E-state index in [2.05, 4.69) is 58.0 Å². The van der Waals surface area contributed by atoms with Crippen LogP contribution in [0.5, 0.6) is 0 Å². The van der Waals surface area contributed by atoms with Crippen LogP contribution >= 0.6 is 0 Å². The van der Waals surface area contributed by atoms with Gasteiger partial charge in [-0.1, -0.05) is 37.3 Å². The summed E-state index contributed by atoms with van der Waals surface area (Å²) in [5.74, 6) is 0.632. The van der Waals surface area contributed by atoms with Gasteiger partial charge in [-0.3, -0.25) is 0 Å². The Bertz CT molecular complexity index is 301. The Morgan fingerprint density at radius 2 is 1.79 bits per heavy atom. The Hall–Kier alpha value is -1.04. The molecule has 0 bridgehead atoms. The van der Waals surface area contributed by atoms with E-state index in [-0.39, 0.29) is 0 Å². The molecule has 1 rings (SSSR count). The molecule has 0 saturated carbocycles. The van der Waals surface area contributed by atoms with Crippen molar-refractivity contribution in [1.82, 2.24) is 0 Å². The number of rotatable bonds is 3.